The van der Waals surface area contributed by atoms with Crippen molar-refractivity contribution in [2.24, 2.45) is 17.6 Å². The lowest BCUT2D eigenvalue weighted by molar-refractivity contribution is -0.138. The number of hydrogen-bond acceptors (Lipinski definition) is 14. The molecule has 9 atom stereocenters. The number of amides is 6. The third kappa shape index (κ3) is 26.9. The minimum absolute atomic E-state index is 0.122. The predicted octanol–water partition coefficient (Wildman–Crippen LogP) is 10.5. The second-order valence-electron chi connectivity index (χ2n) is 31.1. The molecule has 1 unspecified atom stereocenters. The van der Waals surface area contributed by atoms with Crippen LogP contribution in [0.3, 0.4) is 0 Å². The molecule has 0 spiro atoms. The van der Waals surface area contributed by atoms with Gasteiger partial charge in [0.1, 0.15) is 41.9 Å². The first kappa shape index (κ1) is 90.2. The Hall–Kier alpha value is -8.71. The molecule has 6 amide bonds. The van der Waals surface area contributed by atoms with E-state index in [2.05, 4.69) is 0 Å². The Labute approximate surface area is 677 Å². The zero-order chi connectivity index (χ0) is 83.2. The molecule has 3 saturated carbocycles. The van der Waals surface area contributed by atoms with Crippen LogP contribution in [0.1, 0.15) is 168 Å². The van der Waals surface area contributed by atoms with Gasteiger partial charge in [-0.25, -0.2) is 38.4 Å². The van der Waals surface area contributed by atoms with Crippen molar-refractivity contribution in [1.29, 1.82) is 0 Å². The number of carbonyl (C=O) groups excluding carboxylic acids is 7. The highest BCUT2D eigenvalue weighted by molar-refractivity contribution is 7.88. The molecule has 23 nitrogen and oxygen atoms in total. The molecule has 6 aliphatic rings. The number of aldehydes is 1. The van der Waals surface area contributed by atoms with E-state index in [0.29, 0.717) is 111 Å². The van der Waals surface area contributed by atoms with Gasteiger partial charge in [0.15, 0.2) is 0 Å². The number of carbonyl (C=O) groups is 7. The molecule has 6 fully saturated rings. The first-order valence-electron chi connectivity index (χ1n) is 40.0. The average Bonchev–Trinajstić information content (AvgIpc) is 1.67. The van der Waals surface area contributed by atoms with Crippen molar-refractivity contribution in [2.75, 3.05) is 118 Å². The molecule has 0 aromatic heterocycles. The standard InChI is InChI=1S/2C29H38FN3O4S.C19H27N3O5S.C9H10FN/c2*1-31(28(34)23-9-5-3-6-10-23)27(29(35)32-17-19-33(20-18-32)38(2,36)37)12-8-4-7-11-24-21-26(24)22-13-15-25(30)16-14-22;1-20(18(24)16-8-4-3-5-9-16)17(10-6-7-15-23)19(25)21-11-13-22(14-12-21)28(2,26)27;10-7-3-1-6(2-4-7)8-5-9(8)11/h2*3,5-6,9-10,13-16,24,26-27H,4,7-8,11-12,17-21H2,1-2H3;3-5,8-9,15,17H,6-7,10-14H2,1-2H3;1-4,8-9H,5,11H2/t24?,26-,27-;24-,26+,27+;17-;8-,9+/m0100/s1. The third-order valence-corrected chi connectivity index (χ3v) is 26.7. The molecule has 6 aromatic rings. The van der Waals surface area contributed by atoms with E-state index in [-0.39, 0.29) is 105 Å². The average molecular weight is 1650 g/mol. The van der Waals surface area contributed by atoms with E-state index >= 15 is 0 Å². The maximum atomic E-state index is 13.6. The number of hydrogen-bond donors (Lipinski definition) is 1. The molecule has 3 saturated heterocycles. The number of sulfonamides is 3. The lowest BCUT2D eigenvalue weighted by Crippen LogP contribution is -2.56. The van der Waals surface area contributed by atoms with Gasteiger partial charge in [-0.05, 0) is 171 Å². The first-order valence-corrected chi connectivity index (χ1v) is 45.5. The van der Waals surface area contributed by atoms with Crippen LogP contribution in [0.25, 0.3) is 0 Å². The quantitative estimate of drug-likeness (QED) is 0.0313. The molecule has 3 aliphatic heterocycles. The Morgan fingerprint density at radius 3 is 0.896 bits per heavy atom. The van der Waals surface area contributed by atoms with Crippen molar-refractivity contribution in [1.82, 2.24) is 42.3 Å². The highest BCUT2D eigenvalue weighted by Crippen LogP contribution is 2.51. The Bertz CT molecular complexity index is 4340. The summed E-state index contributed by atoms with van der Waals surface area (Å²) in [7, 11) is -4.92. The van der Waals surface area contributed by atoms with E-state index in [0.717, 1.165) is 83.2 Å². The summed E-state index contributed by atoms with van der Waals surface area (Å²) in [6, 6.07) is 45.3. The summed E-state index contributed by atoms with van der Waals surface area (Å²) < 4.78 is 114. The van der Waals surface area contributed by atoms with Gasteiger partial charge in [0, 0.05) is 135 Å². The topological polar surface area (TPSA) is 277 Å². The molecular weight excluding hydrogens is 1530 g/mol. The fourth-order valence-corrected chi connectivity index (χ4v) is 18.0. The minimum Gasteiger partial charge on any atom is -0.338 e. The largest absolute Gasteiger partial charge is 0.338 e. The molecule has 3 heterocycles. The molecule has 12 rings (SSSR count). The summed E-state index contributed by atoms with van der Waals surface area (Å²) in [4.78, 5) is 99.6. The Morgan fingerprint density at radius 1 is 0.383 bits per heavy atom. The van der Waals surface area contributed by atoms with Crippen LogP contribution in [-0.2, 0) is 49.2 Å². The summed E-state index contributed by atoms with van der Waals surface area (Å²) in [6.45, 7) is 3.40. The lowest BCUT2D eigenvalue weighted by Gasteiger charge is -2.37. The van der Waals surface area contributed by atoms with Crippen LogP contribution in [0.2, 0.25) is 0 Å². The van der Waals surface area contributed by atoms with E-state index in [1.807, 2.05) is 54.6 Å². The fourth-order valence-electron chi connectivity index (χ4n) is 15.5. The van der Waals surface area contributed by atoms with Gasteiger partial charge in [-0.15, -0.1) is 0 Å². The van der Waals surface area contributed by atoms with Gasteiger partial charge in [0.2, 0.25) is 47.8 Å². The van der Waals surface area contributed by atoms with E-state index < -0.39 is 48.2 Å². The van der Waals surface area contributed by atoms with Crippen LogP contribution in [0.4, 0.5) is 13.2 Å². The van der Waals surface area contributed by atoms with Crippen LogP contribution in [-0.4, -0.2) is 252 Å². The number of likely N-dealkylation sites (N-methyl/N-ethyl adjacent to an activating group) is 3. The van der Waals surface area contributed by atoms with Crippen LogP contribution in [0, 0.1) is 29.3 Å². The van der Waals surface area contributed by atoms with Gasteiger partial charge >= 0.3 is 0 Å². The van der Waals surface area contributed by atoms with Gasteiger partial charge in [-0.1, -0.05) is 130 Å². The smallest absolute Gasteiger partial charge is 0.254 e. The summed E-state index contributed by atoms with van der Waals surface area (Å²) >= 11 is 0. The third-order valence-electron chi connectivity index (χ3n) is 22.8. The van der Waals surface area contributed by atoms with Crippen molar-refractivity contribution < 1.29 is 72.0 Å². The van der Waals surface area contributed by atoms with Crippen molar-refractivity contribution in [3.8, 4) is 0 Å². The van der Waals surface area contributed by atoms with Crippen molar-refractivity contribution in [2.45, 2.75) is 145 Å². The lowest BCUT2D eigenvalue weighted by atomic mass is 10.0. The number of nitrogens with two attached hydrogens (primary N) is 1. The summed E-state index contributed by atoms with van der Waals surface area (Å²) in [6.07, 6.45) is 17.8. The normalized spacial score (nSPS) is 20.4. The predicted molar refractivity (Wildman–Crippen MR) is 438 cm³/mol. The zero-order valence-electron chi connectivity index (χ0n) is 66.9. The fraction of sp³-hybridized carbons (Fsp3) is 0.500. The number of unbranched alkanes of at least 4 members (excludes halogenated alkanes) is 5. The van der Waals surface area contributed by atoms with Gasteiger partial charge in [0.25, 0.3) is 17.7 Å². The van der Waals surface area contributed by atoms with E-state index in [9.17, 15) is 72.0 Å². The Morgan fingerprint density at radius 2 is 0.643 bits per heavy atom. The molecule has 29 heteroatoms. The molecule has 3 aliphatic carbocycles. The van der Waals surface area contributed by atoms with Crippen LogP contribution in [0.15, 0.2) is 164 Å². The highest BCUT2D eigenvalue weighted by Gasteiger charge is 2.41. The van der Waals surface area contributed by atoms with E-state index in [1.165, 1.54) is 83.4 Å². The second kappa shape index (κ2) is 42.4. The Balaban J connectivity index is 0.000000186. The number of rotatable bonds is 31. The van der Waals surface area contributed by atoms with Crippen molar-refractivity contribution in [3.63, 3.8) is 0 Å². The van der Waals surface area contributed by atoms with Gasteiger partial charge in [0.05, 0.1) is 18.8 Å². The van der Waals surface area contributed by atoms with Crippen LogP contribution in [0.5, 0.6) is 0 Å². The molecular formula is C86H113F3N10O13S3. The minimum atomic E-state index is -3.29. The summed E-state index contributed by atoms with van der Waals surface area (Å²) in [5, 5.41) is 0. The first-order chi connectivity index (χ1) is 54.8. The number of halogens is 3. The molecule has 115 heavy (non-hydrogen) atoms. The van der Waals surface area contributed by atoms with E-state index in [4.69, 9.17) is 5.73 Å². The van der Waals surface area contributed by atoms with Crippen LogP contribution < -0.4 is 5.73 Å². The number of benzene rings is 6. The Kier molecular flexibility index (Phi) is 33.3. The number of piperazine rings is 3. The maximum Gasteiger partial charge on any atom is 0.254 e. The maximum absolute atomic E-state index is 13.6. The molecule has 0 radical (unpaired) electrons. The summed E-state index contributed by atoms with van der Waals surface area (Å²) in [5.74, 6) is 1.08. The number of nitrogens with zero attached hydrogens (tertiary/aromatic N) is 9. The van der Waals surface area contributed by atoms with Gasteiger partial charge in [-0.2, -0.15) is 12.9 Å². The van der Waals surface area contributed by atoms with Crippen LogP contribution >= 0.6 is 0 Å². The van der Waals surface area contributed by atoms with Gasteiger partial charge < -0.3 is 39.9 Å². The highest BCUT2D eigenvalue weighted by atomic mass is 32.2. The molecule has 2 N–H and O–H groups in total. The van der Waals surface area contributed by atoms with Crippen molar-refractivity contribution in [3.05, 3.63) is 215 Å². The molecule has 6 aromatic carbocycles. The second-order valence-corrected chi connectivity index (χ2v) is 37.0. The van der Waals surface area contributed by atoms with Crippen molar-refractivity contribution >= 4 is 71.8 Å². The molecule has 624 valence electrons. The van der Waals surface area contributed by atoms with E-state index in [1.54, 1.807) is 118 Å². The monoisotopic (exact) mass is 1650 g/mol. The SMILES string of the molecule is CN(C(=O)c1ccccc1)[C@@H](CCCC=O)C(=O)N1CCN(S(C)(=O)=O)CC1.CN(C(=O)c1ccccc1)[C@@H](CCCCCC1C[C@H]1c1ccc(F)cc1)C(=O)N1CCN(S(C)(=O)=O)CC1.CN(C(=O)c1ccccc1)[C@@H](CCCCC[C@@H]1C[C@H]1c1ccc(F)cc1)C(=O)N1CCN(S(C)(=O)=O)CC1.N[C@@H]1C[C@H]1c1ccc(F)cc1. The summed E-state index contributed by atoms with van der Waals surface area (Å²) in [5.41, 5.74) is 10.8. The zero-order valence-corrected chi connectivity index (χ0v) is 69.4. The van der Waals surface area contributed by atoms with Gasteiger partial charge in [-0.3, -0.25) is 28.8 Å². The molecule has 0 bridgehead atoms.